The van der Waals surface area contributed by atoms with Crippen molar-refractivity contribution in [2.45, 2.75) is 33.3 Å². The summed E-state index contributed by atoms with van der Waals surface area (Å²) in [4.78, 5) is 24.0. The number of anilines is 1. The lowest BCUT2D eigenvalue weighted by atomic mass is 10.1. The van der Waals surface area contributed by atoms with Crippen molar-refractivity contribution in [2.24, 2.45) is 4.99 Å². The number of rotatable bonds is 5. The van der Waals surface area contributed by atoms with E-state index in [9.17, 15) is 4.79 Å². The van der Waals surface area contributed by atoms with Crippen LogP contribution in [-0.4, -0.2) is 52.2 Å². The van der Waals surface area contributed by atoms with Gasteiger partial charge in [-0.3, -0.25) is 4.79 Å². The highest BCUT2D eigenvalue weighted by Crippen LogP contribution is 2.22. The van der Waals surface area contributed by atoms with Gasteiger partial charge in [-0.15, -0.1) is 0 Å². The Morgan fingerprint density at radius 3 is 2.80 bits per heavy atom. The van der Waals surface area contributed by atoms with Gasteiger partial charge in [0.15, 0.2) is 11.1 Å². The number of esters is 1. The number of fused-ring (bicyclic) bond motifs is 1. The fraction of sp³-hybridized carbons (Fsp3) is 0.400. The first-order chi connectivity index (χ1) is 14.2. The number of hydrogen-bond donors (Lipinski definition) is 5. The van der Waals surface area contributed by atoms with Crippen molar-refractivity contribution >= 4 is 51.8 Å². The molecule has 2 heterocycles. The third-order valence-corrected chi connectivity index (χ3v) is 4.28. The molecular formula is C20H27N7O2S. The maximum atomic E-state index is 11.8. The second-order valence-corrected chi connectivity index (χ2v) is 8.13. The summed E-state index contributed by atoms with van der Waals surface area (Å²) in [5, 5.41) is 12.6. The zero-order valence-electron chi connectivity index (χ0n) is 17.5. The molecule has 10 heteroatoms. The lowest BCUT2D eigenvalue weighted by Crippen LogP contribution is -2.41. The van der Waals surface area contributed by atoms with Crippen LogP contribution in [0.15, 0.2) is 29.4 Å². The Bertz CT molecular complexity index is 1000. The van der Waals surface area contributed by atoms with Crippen LogP contribution in [0.4, 0.5) is 5.95 Å². The predicted octanol–water partition coefficient (Wildman–Crippen LogP) is 2.10. The summed E-state index contributed by atoms with van der Waals surface area (Å²) in [6.07, 6.45) is 1.88. The summed E-state index contributed by atoms with van der Waals surface area (Å²) < 4.78 is 5.27. The molecule has 0 radical (unpaired) electrons. The number of aromatic nitrogens is 2. The number of hydrogen-bond acceptors (Lipinski definition) is 7. The van der Waals surface area contributed by atoms with Gasteiger partial charge in [0.1, 0.15) is 12.1 Å². The van der Waals surface area contributed by atoms with Crippen LogP contribution in [0.3, 0.4) is 0 Å². The SMILES string of the molecule is CCNC(=S)Nc1nc2ccc(C3=CNC(NCC(=O)OC(C)(C)C)=NC3)cc2[nH]1. The minimum absolute atomic E-state index is 0.0525. The van der Waals surface area contributed by atoms with Gasteiger partial charge < -0.3 is 31.0 Å². The Morgan fingerprint density at radius 1 is 1.33 bits per heavy atom. The van der Waals surface area contributed by atoms with Crippen LogP contribution in [0.25, 0.3) is 16.6 Å². The van der Waals surface area contributed by atoms with E-state index in [4.69, 9.17) is 17.0 Å². The van der Waals surface area contributed by atoms with Crippen molar-refractivity contribution in [2.75, 3.05) is 25.0 Å². The van der Waals surface area contributed by atoms with Crippen molar-refractivity contribution in [1.82, 2.24) is 25.9 Å². The van der Waals surface area contributed by atoms with Gasteiger partial charge in [0.2, 0.25) is 5.95 Å². The standard InChI is InChI=1S/C20H27N7O2S/c1-5-21-19(30)27-18-25-14-7-6-12(8-15(14)26-18)13-9-22-17(23-10-13)24-11-16(28)29-20(2,3)4/h6-9H,5,10-11H2,1-4H3,(H2,22,23,24)(H3,21,25,26,27,30). The Kier molecular flexibility index (Phi) is 6.56. The molecule has 9 nitrogen and oxygen atoms in total. The van der Waals surface area contributed by atoms with Gasteiger partial charge in [0, 0.05) is 12.7 Å². The highest BCUT2D eigenvalue weighted by molar-refractivity contribution is 7.80. The van der Waals surface area contributed by atoms with Crippen LogP contribution in [-0.2, 0) is 9.53 Å². The van der Waals surface area contributed by atoms with E-state index in [1.165, 1.54) is 0 Å². The minimum atomic E-state index is -0.508. The number of ether oxygens (including phenoxy) is 1. The third-order valence-electron chi connectivity index (χ3n) is 4.03. The molecule has 5 N–H and O–H groups in total. The molecule has 0 aliphatic carbocycles. The topological polar surface area (TPSA) is 115 Å². The second kappa shape index (κ2) is 9.12. The van der Waals surface area contributed by atoms with Crippen molar-refractivity contribution in [3.05, 3.63) is 30.0 Å². The molecule has 0 amide bonds. The third kappa shape index (κ3) is 5.93. The van der Waals surface area contributed by atoms with E-state index in [0.29, 0.717) is 23.6 Å². The number of imidazole rings is 1. The molecule has 0 bridgehead atoms. The lowest BCUT2D eigenvalue weighted by Gasteiger charge is -2.21. The van der Waals surface area contributed by atoms with Gasteiger partial charge in [-0.25, -0.2) is 9.98 Å². The number of H-pyrrole nitrogens is 1. The van der Waals surface area contributed by atoms with Gasteiger partial charge >= 0.3 is 5.97 Å². The molecule has 0 saturated carbocycles. The van der Waals surface area contributed by atoms with E-state index in [0.717, 1.165) is 28.7 Å². The van der Waals surface area contributed by atoms with Gasteiger partial charge in [0.25, 0.3) is 0 Å². The van der Waals surface area contributed by atoms with Gasteiger partial charge in [-0.05, 0) is 63.2 Å². The molecule has 1 aromatic heterocycles. The maximum absolute atomic E-state index is 11.8. The van der Waals surface area contributed by atoms with E-state index in [2.05, 4.69) is 36.2 Å². The fourth-order valence-corrected chi connectivity index (χ4v) is 3.05. The van der Waals surface area contributed by atoms with E-state index < -0.39 is 5.60 Å². The average Bonchev–Trinajstić information content (AvgIpc) is 3.07. The highest BCUT2D eigenvalue weighted by Gasteiger charge is 2.17. The summed E-state index contributed by atoms with van der Waals surface area (Å²) in [7, 11) is 0. The van der Waals surface area contributed by atoms with Crippen LogP contribution < -0.4 is 21.3 Å². The van der Waals surface area contributed by atoms with Crippen molar-refractivity contribution < 1.29 is 9.53 Å². The molecule has 0 saturated heterocycles. The molecule has 3 rings (SSSR count). The molecule has 160 valence electrons. The van der Waals surface area contributed by atoms with E-state index in [-0.39, 0.29) is 12.5 Å². The Morgan fingerprint density at radius 2 is 2.13 bits per heavy atom. The quantitative estimate of drug-likeness (QED) is 0.363. The zero-order chi connectivity index (χ0) is 21.7. The fourth-order valence-electron chi connectivity index (χ4n) is 2.81. The summed E-state index contributed by atoms with van der Waals surface area (Å²) in [5.74, 6) is 0.802. The molecule has 1 aromatic carbocycles. The number of benzene rings is 1. The average molecular weight is 430 g/mol. The van der Waals surface area contributed by atoms with E-state index in [1.807, 2.05) is 52.1 Å². The summed E-state index contributed by atoms with van der Waals surface area (Å²) in [6.45, 7) is 8.76. The van der Waals surface area contributed by atoms with Crippen molar-refractivity contribution in [3.8, 4) is 0 Å². The van der Waals surface area contributed by atoms with Crippen LogP contribution in [0, 0.1) is 0 Å². The normalized spacial score (nSPS) is 13.7. The smallest absolute Gasteiger partial charge is 0.325 e. The number of nitrogens with one attached hydrogen (secondary N) is 5. The number of carbonyl (C=O) groups excluding carboxylic acids is 1. The van der Waals surface area contributed by atoms with Gasteiger partial charge in [0.05, 0.1) is 17.6 Å². The van der Waals surface area contributed by atoms with Crippen LogP contribution in [0.5, 0.6) is 0 Å². The maximum Gasteiger partial charge on any atom is 0.325 e. The molecule has 1 aliphatic heterocycles. The molecule has 0 atom stereocenters. The molecule has 1 aliphatic rings. The zero-order valence-corrected chi connectivity index (χ0v) is 18.4. The molecular weight excluding hydrogens is 402 g/mol. The largest absolute Gasteiger partial charge is 0.459 e. The Hall–Kier alpha value is -3.14. The van der Waals surface area contributed by atoms with Gasteiger partial charge in [-0.2, -0.15) is 0 Å². The molecule has 0 unspecified atom stereocenters. The van der Waals surface area contributed by atoms with Crippen LogP contribution in [0.1, 0.15) is 33.3 Å². The number of aromatic amines is 1. The number of thiocarbonyl (C=S) groups is 1. The van der Waals surface area contributed by atoms with Crippen LogP contribution >= 0.6 is 12.2 Å². The number of guanidine groups is 1. The summed E-state index contributed by atoms with van der Waals surface area (Å²) in [6, 6.07) is 5.97. The first-order valence-corrected chi connectivity index (χ1v) is 10.1. The molecule has 0 spiro atoms. The summed E-state index contributed by atoms with van der Waals surface area (Å²) >= 11 is 5.19. The monoisotopic (exact) mass is 429 g/mol. The number of carbonyl (C=O) groups is 1. The lowest BCUT2D eigenvalue weighted by molar-refractivity contribution is -0.153. The highest BCUT2D eigenvalue weighted by atomic mass is 32.1. The second-order valence-electron chi connectivity index (χ2n) is 7.72. The minimum Gasteiger partial charge on any atom is -0.459 e. The first kappa shape index (κ1) is 21.6. The first-order valence-electron chi connectivity index (χ1n) is 9.74. The van der Waals surface area contributed by atoms with E-state index >= 15 is 0 Å². The Labute approximate surface area is 180 Å². The van der Waals surface area contributed by atoms with Crippen LogP contribution in [0.2, 0.25) is 0 Å². The van der Waals surface area contributed by atoms with Crippen molar-refractivity contribution in [3.63, 3.8) is 0 Å². The summed E-state index contributed by atoms with van der Waals surface area (Å²) in [5.41, 5.74) is 3.27. The van der Waals surface area contributed by atoms with E-state index in [1.54, 1.807) is 0 Å². The van der Waals surface area contributed by atoms with Crippen molar-refractivity contribution in [1.29, 1.82) is 0 Å². The van der Waals surface area contributed by atoms with Gasteiger partial charge in [-0.1, -0.05) is 6.07 Å². The number of nitrogens with zero attached hydrogens (tertiary/aromatic N) is 2. The molecule has 2 aromatic rings. The molecule has 0 fully saturated rings. The molecule has 30 heavy (non-hydrogen) atoms. The predicted molar refractivity (Wildman–Crippen MR) is 123 cm³/mol. The number of aliphatic imine (C=N–C) groups is 1. The Balaban J connectivity index is 1.59.